The van der Waals surface area contributed by atoms with E-state index in [1.807, 2.05) is 0 Å². The molecular formula is C8H9BrFNOS. The summed E-state index contributed by atoms with van der Waals surface area (Å²) in [6.07, 6.45) is 2.17. The van der Waals surface area contributed by atoms with E-state index in [4.69, 9.17) is 0 Å². The van der Waals surface area contributed by atoms with Crippen molar-refractivity contribution in [2.45, 2.75) is 24.3 Å². The van der Waals surface area contributed by atoms with Crippen molar-refractivity contribution in [2.24, 2.45) is 0 Å². The van der Waals surface area contributed by atoms with Gasteiger partial charge in [0, 0.05) is 6.20 Å². The van der Waals surface area contributed by atoms with Crippen LogP contribution in [0.4, 0.5) is 4.39 Å². The lowest BCUT2D eigenvalue weighted by Crippen LogP contribution is -2.18. The molecule has 13 heavy (non-hydrogen) atoms. The largest absolute Gasteiger partial charge is 0.297 e. The Hall–Kier alpha value is -0.290. The Kier molecular flexibility index (Phi) is 3.18. The summed E-state index contributed by atoms with van der Waals surface area (Å²) in [5.41, 5.74) is -1.38. The predicted octanol–water partition coefficient (Wildman–Crippen LogP) is 3.14. The van der Waals surface area contributed by atoms with Crippen LogP contribution < -0.4 is 0 Å². The third-order valence-electron chi connectivity index (χ3n) is 1.48. The molecule has 2 nitrogen and oxygen atoms in total. The van der Waals surface area contributed by atoms with Gasteiger partial charge >= 0.3 is 0 Å². The zero-order valence-corrected chi connectivity index (χ0v) is 9.65. The number of aromatic nitrogens is 1. The van der Waals surface area contributed by atoms with Crippen molar-refractivity contribution in [1.82, 2.24) is 4.98 Å². The maximum atomic E-state index is 13.4. The van der Waals surface area contributed by atoms with E-state index in [1.165, 1.54) is 31.4 Å². The number of aldehydes is 1. The van der Waals surface area contributed by atoms with Gasteiger partial charge in [0.05, 0.1) is 9.70 Å². The van der Waals surface area contributed by atoms with Gasteiger partial charge < -0.3 is 0 Å². The van der Waals surface area contributed by atoms with Gasteiger partial charge in [0.25, 0.3) is 0 Å². The molecule has 0 aromatic carbocycles. The first-order valence-electron chi connectivity index (χ1n) is 3.69. The van der Waals surface area contributed by atoms with Crippen molar-refractivity contribution in [3.63, 3.8) is 0 Å². The minimum absolute atomic E-state index is 0.460. The van der Waals surface area contributed by atoms with Crippen molar-refractivity contribution in [3.05, 3.63) is 16.1 Å². The van der Waals surface area contributed by atoms with Gasteiger partial charge in [-0.15, -0.1) is 11.3 Å². The number of nitrogens with zero attached hydrogens (tertiary/aromatic N) is 1. The van der Waals surface area contributed by atoms with Crippen LogP contribution in [0.3, 0.4) is 0 Å². The lowest BCUT2D eigenvalue weighted by atomic mass is 10.1. The second-order valence-corrected chi connectivity index (χ2v) is 5.16. The normalized spacial score (nSPS) is 14.2. The van der Waals surface area contributed by atoms with Crippen molar-refractivity contribution < 1.29 is 9.18 Å². The summed E-state index contributed by atoms with van der Waals surface area (Å²) in [4.78, 5) is 14.4. The second kappa shape index (κ2) is 3.84. The van der Waals surface area contributed by atoms with Crippen molar-refractivity contribution in [1.29, 1.82) is 0 Å². The fraction of sp³-hybridized carbons (Fsp3) is 0.500. The lowest BCUT2D eigenvalue weighted by molar-refractivity contribution is 0.112. The summed E-state index contributed by atoms with van der Waals surface area (Å²) in [5.74, 6) is 0. The molecule has 0 fully saturated rings. The summed E-state index contributed by atoms with van der Waals surface area (Å²) >= 11 is 4.41. The van der Waals surface area contributed by atoms with E-state index < -0.39 is 10.5 Å². The average molecular weight is 266 g/mol. The minimum atomic E-state index is -1.38. The summed E-state index contributed by atoms with van der Waals surface area (Å²) in [6, 6.07) is 0. The van der Waals surface area contributed by atoms with Gasteiger partial charge in [0.15, 0.2) is 6.29 Å². The number of thiazole rings is 1. The number of alkyl halides is 2. The third-order valence-corrected chi connectivity index (χ3v) is 4.29. The molecule has 1 aromatic rings. The maximum Gasteiger partial charge on any atom is 0.161 e. The molecule has 72 valence electrons. The Balaban J connectivity index is 2.89. The number of carbonyl (C=O) groups excluding carboxylic acids is 1. The zero-order valence-electron chi connectivity index (χ0n) is 7.25. The van der Waals surface area contributed by atoms with Gasteiger partial charge in [-0.3, -0.25) is 4.79 Å². The highest BCUT2D eigenvalue weighted by molar-refractivity contribution is 9.09. The number of rotatable bonds is 3. The molecule has 0 spiro atoms. The Morgan fingerprint density at radius 1 is 1.77 bits per heavy atom. The maximum absolute atomic E-state index is 13.4. The summed E-state index contributed by atoms with van der Waals surface area (Å²) in [7, 11) is 0. The van der Waals surface area contributed by atoms with Crippen molar-refractivity contribution in [3.8, 4) is 0 Å². The van der Waals surface area contributed by atoms with Crippen LogP contribution in [0.25, 0.3) is 0 Å². The van der Waals surface area contributed by atoms with E-state index >= 15 is 0 Å². The molecule has 0 aliphatic carbocycles. The van der Waals surface area contributed by atoms with Gasteiger partial charge in [-0.1, -0.05) is 15.9 Å². The molecule has 1 rings (SSSR count). The molecule has 0 amide bonds. The van der Waals surface area contributed by atoms with Gasteiger partial charge in [-0.25, -0.2) is 9.37 Å². The van der Waals surface area contributed by atoms with Crippen LogP contribution in [0.1, 0.15) is 33.4 Å². The number of carbonyl (C=O) groups is 1. The van der Waals surface area contributed by atoms with Crippen LogP contribution in [0.5, 0.6) is 0 Å². The smallest absolute Gasteiger partial charge is 0.161 e. The lowest BCUT2D eigenvalue weighted by Gasteiger charge is -2.18. The summed E-state index contributed by atoms with van der Waals surface area (Å²) in [6.45, 7) is 2.93. The van der Waals surface area contributed by atoms with E-state index in [1.54, 1.807) is 0 Å². The van der Waals surface area contributed by atoms with E-state index in [2.05, 4.69) is 20.9 Å². The molecule has 0 bridgehead atoms. The quantitative estimate of drug-likeness (QED) is 0.621. The third kappa shape index (κ3) is 2.57. The van der Waals surface area contributed by atoms with Crippen LogP contribution in [0.2, 0.25) is 0 Å². The Labute approximate surface area is 88.3 Å². The van der Waals surface area contributed by atoms with Crippen LogP contribution in [-0.2, 0) is 0 Å². The fourth-order valence-corrected chi connectivity index (χ4v) is 2.05. The highest BCUT2D eigenvalue weighted by atomic mass is 79.9. The van der Waals surface area contributed by atoms with E-state index in [9.17, 15) is 9.18 Å². The molecule has 1 heterocycles. The predicted molar refractivity (Wildman–Crippen MR) is 54.4 cm³/mol. The number of hydrogen-bond acceptors (Lipinski definition) is 3. The van der Waals surface area contributed by atoms with Gasteiger partial charge in [0.1, 0.15) is 10.7 Å². The summed E-state index contributed by atoms with van der Waals surface area (Å²) in [5, 5.41) is 0.592. The Bertz CT molecular complexity index is 307. The molecule has 0 radical (unpaired) electrons. The van der Waals surface area contributed by atoms with E-state index in [0.29, 0.717) is 16.2 Å². The topological polar surface area (TPSA) is 30.0 Å². The number of hydrogen-bond donors (Lipinski definition) is 0. The SMILES string of the molecule is CC(C)(F)C(Br)c1ncc(C=O)s1. The Morgan fingerprint density at radius 2 is 2.38 bits per heavy atom. The van der Waals surface area contributed by atoms with Crippen molar-refractivity contribution in [2.75, 3.05) is 0 Å². The van der Waals surface area contributed by atoms with Crippen molar-refractivity contribution >= 4 is 33.6 Å². The fourth-order valence-electron chi connectivity index (χ4n) is 0.766. The molecule has 1 aromatic heterocycles. The molecule has 1 atom stereocenters. The van der Waals surface area contributed by atoms with Gasteiger partial charge in [-0.2, -0.15) is 0 Å². The standard InChI is InChI=1S/C8H9BrFNOS/c1-8(2,10)6(9)7-11-3-5(4-12)13-7/h3-4,6H,1-2H3. The first-order valence-corrected chi connectivity index (χ1v) is 5.42. The van der Waals surface area contributed by atoms with Gasteiger partial charge in [-0.05, 0) is 13.8 Å². The molecular weight excluding hydrogens is 257 g/mol. The van der Waals surface area contributed by atoms with Crippen LogP contribution in [0, 0.1) is 0 Å². The van der Waals surface area contributed by atoms with E-state index in [-0.39, 0.29) is 0 Å². The minimum Gasteiger partial charge on any atom is -0.297 e. The zero-order chi connectivity index (χ0) is 10.1. The van der Waals surface area contributed by atoms with Gasteiger partial charge in [0.2, 0.25) is 0 Å². The van der Waals surface area contributed by atoms with Crippen LogP contribution in [0.15, 0.2) is 6.20 Å². The molecule has 0 aliphatic heterocycles. The van der Waals surface area contributed by atoms with E-state index in [0.717, 1.165) is 0 Å². The molecule has 5 heteroatoms. The molecule has 1 unspecified atom stereocenters. The highest BCUT2D eigenvalue weighted by Crippen LogP contribution is 2.38. The summed E-state index contributed by atoms with van der Waals surface area (Å²) < 4.78 is 13.4. The Morgan fingerprint density at radius 3 is 2.77 bits per heavy atom. The van der Waals surface area contributed by atoms with Crippen LogP contribution >= 0.6 is 27.3 Å². The van der Waals surface area contributed by atoms with Crippen LogP contribution in [-0.4, -0.2) is 16.9 Å². The molecule has 0 aliphatic rings. The molecule has 0 saturated carbocycles. The molecule has 0 N–H and O–H groups in total. The first-order chi connectivity index (χ1) is 5.95. The highest BCUT2D eigenvalue weighted by Gasteiger charge is 2.30. The second-order valence-electron chi connectivity index (χ2n) is 3.15. The average Bonchev–Trinajstić information content (AvgIpc) is 2.48. The number of halogens is 2. The molecule has 0 saturated heterocycles. The monoisotopic (exact) mass is 265 g/mol. The first kappa shape index (κ1) is 10.8.